The second kappa shape index (κ2) is 3.87. The molecule has 1 N–H and O–H groups in total. The number of carboxylic acids is 1. The largest absolute Gasteiger partial charge is 0.479 e. The van der Waals surface area contributed by atoms with Crippen molar-refractivity contribution >= 4 is 5.97 Å². The summed E-state index contributed by atoms with van der Waals surface area (Å²) in [7, 11) is 0. The zero-order valence-electron chi connectivity index (χ0n) is 9.00. The monoisotopic (exact) mass is 202 g/mol. The summed E-state index contributed by atoms with van der Waals surface area (Å²) in [5.74, 6) is -0.879. The number of hydrogen-bond acceptors (Lipinski definition) is 3. The highest BCUT2D eigenvalue weighted by atomic mass is 16.5. The molecule has 1 aliphatic rings. The van der Waals surface area contributed by atoms with Gasteiger partial charge in [0.15, 0.2) is 5.60 Å². The van der Waals surface area contributed by atoms with Crippen molar-refractivity contribution in [1.82, 2.24) is 0 Å². The van der Waals surface area contributed by atoms with Crippen molar-refractivity contribution in [2.75, 3.05) is 13.2 Å². The lowest BCUT2D eigenvalue weighted by Gasteiger charge is -2.41. The molecule has 1 fully saturated rings. The van der Waals surface area contributed by atoms with Gasteiger partial charge in [0.25, 0.3) is 0 Å². The van der Waals surface area contributed by atoms with Gasteiger partial charge in [-0.1, -0.05) is 0 Å². The topological polar surface area (TPSA) is 55.8 Å². The molecule has 1 rings (SSSR count). The smallest absolute Gasteiger partial charge is 0.336 e. The molecule has 0 spiro atoms. The van der Waals surface area contributed by atoms with E-state index in [4.69, 9.17) is 9.47 Å². The minimum Gasteiger partial charge on any atom is -0.479 e. The molecule has 0 bridgehead atoms. The van der Waals surface area contributed by atoms with Crippen molar-refractivity contribution in [2.45, 2.75) is 44.8 Å². The summed E-state index contributed by atoms with van der Waals surface area (Å²) in [6, 6.07) is 0. The fourth-order valence-electron chi connectivity index (χ4n) is 1.96. The average Bonchev–Trinajstić information content (AvgIpc) is 2.02. The number of aliphatic carboxylic acids is 1. The van der Waals surface area contributed by atoms with E-state index >= 15 is 0 Å². The SMILES string of the molecule is CCOC1(C(=O)O)CCOC(C)(C)C1. The van der Waals surface area contributed by atoms with Crippen LogP contribution in [0.4, 0.5) is 0 Å². The Labute approximate surface area is 84.2 Å². The molecule has 0 aromatic rings. The van der Waals surface area contributed by atoms with Gasteiger partial charge in [0.05, 0.1) is 12.2 Å². The van der Waals surface area contributed by atoms with E-state index in [0.29, 0.717) is 26.1 Å². The molecule has 1 heterocycles. The molecule has 1 aliphatic heterocycles. The highest BCUT2D eigenvalue weighted by Gasteiger charge is 2.47. The molecular formula is C10H18O4. The van der Waals surface area contributed by atoms with Crippen LogP contribution in [0.2, 0.25) is 0 Å². The molecule has 1 saturated heterocycles. The van der Waals surface area contributed by atoms with Gasteiger partial charge in [-0.2, -0.15) is 0 Å². The molecular weight excluding hydrogens is 184 g/mol. The van der Waals surface area contributed by atoms with Gasteiger partial charge in [0.2, 0.25) is 0 Å². The molecule has 1 atom stereocenters. The van der Waals surface area contributed by atoms with Crippen LogP contribution in [-0.4, -0.2) is 35.5 Å². The Kier molecular flexibility index (Phi) is 3.17. The molecule has 4 nitrogen and oxygen atoms in total. The highest BCUT2D eigenvalue weighted by Crippen LogP contribution is 2.34. The van der Waals surface area contributed by atoms with Gasteiger partial charge in [-0.15, -0.1) is 0 Å². The Morgan fingerprint density at radius 1 is 1.57 bits per heavy atom. The number of carbonyl (C=O) groups is 1. The Hall–Kier alpha value is -0.610. The van der Waals surface area contributed by atoms with Gasteiger partial charge in [0.1, 0.15) is 0 Å². The summed E-state index contributed by atoms with van der Waals surface area (Å²) in [6.07, 6.45) is 0.836. The summed E-state index contributed by atoms with van der Waals surface area (Å²) in [5, 5.41) is 9.17. The first-order valence-electron chi connectivity index (χ1n) is 4.93. The lowest BCUT2D eigenvalue weighted by molar-refractivity contribution is -0.197. The summed E-state index contributed by atoms with van der Waals surface area (Å²) in [5.41, 5.74) is -1.46. The van der Waals surface area contributed by atoms with Crippen molar-refractivity contribution in [3.05, 3.63) is 0 Å². The minimum absolute atomic E-state index is 0.406. The quantitative estimate of drug-likeness (QED) is 0.752. The van der Waals surface area contributed by atoms with Crippen LogP contribution in [-0.2, 0) is 14.3 Å². The van der Waals surface area contributed by atoms with E-state index in [0.717, 1.165) is 0 Å². The van der Waals surface area contributed by atoms with Crippen LogP contribution in [0.25, 0.3) is 0 Å². The van der Waals surface area contributed by atoms with Crippen LogP contribution in [0.3, 0.4) is 0 Å². The molecule has 1 unspecified atom stereocenters. The standard InChI is InChI=1S/C10H18O4/c1-4-13-10(8(11)12)5-6-14-9(2,3)7-10/h4-7H2,1-3H3,(H,11,12). The summed E-state index contributed by atoms with van der Waals surface area (Å²) >= 11 is 0. The van der Waals surface area contributed by atoms with Crippen LogP contribution in [0, 0.1) is 0 Å². The van der Waals surface area contributed by atoms with E-state index in [-0.39, 0.29) is 0 Å². The number of ether oxygens (including phenoxy) is 2. The average molecular weight is 202 g/mol. The van der Waals surface area contributed by atoms with Gasteiger partial charge in [-0.25, -0.2) is 4.79 Å². The van der Waals surface area contributed by atoms with E-state index < -0.39 is 17.2 Å². The summed E-state index contributed by atoms with van der Waals surface area (Å²) in [6.45, 7) is 6.46. The van der Waals surface area contributed by atoms with E-state index in [1.165, 1.54) is 0 Å². The minimum atomic E-state index is -1.05. The van der Waals surface area contributed by atoms with E-state index in [1.807, 2.05) is 20.8 Å². The third-order valence-electron chi connectivity index (χ3n) is 2.52. The third kappa shape index (κ3) is 2.25. The van der Waals surface area contributed by atoms with Crippen LogP contribution >= 0.6 is 0 Å². The molecule has 0 saturated carbocycles. The maximum atomic E-state index is 11.2. The molecule has 0 radical (unpaired) electrons. The van der Waals surface area contributed by atoms with Gasteiger partial charge in [-0.3, -0.25) is 0 Å². The van der Waals surface area contributed by atoms with E-state index in [2.05, 4.69) is 0 Å². The zero-order chi connectivity index (χ0) is 10.8. The molecule has 0 amide bonds. The lowest BCUT2D eigenvalue weighted by Crippen LogP contribution is -2.52. The van der Waals surface area contributed by atoms with Gasteiger partial charge in [-0.05, 0) is 20.8 Å². The van der Waals surface area contributed by atoms with Gasteiger partial charge >= 0.3 is 5.97 Å². The fourth-order valence-corrected chi connectivity index (χ4v) is 1.96. The Morgan fingerprint density at radius 2 is 2.21 bits per heavy atom. The summed E-state index contributed by atoms with van der Waals surface area (Å²) in [4.78, 5) is 11.2. The Balaban J connectivity index is 2.82. The lowest BCUT2D eigenvalue weighted by atomic mass is 9.84. The first-order valence-corrected chi connectivity index (χ1v) is 4.93. The van der Waals surface area contributed by atoms with Crippen LogP contribution in [0.5, 0.6) is 0 Å². The van der Waals surface area contributed by atoms with Gasteiger partial charge < -0.3 is 14.6 Å². The molecule has 0 aliphatic carbocycles. The van der Waals surface area contributed by atoms with Crippen molar-refractivity contribution in [3.63, 3.8) is 0 Å². The summed E-state index contributed by atoms with van der Waals surface area (Å²) < 4.78 is 10.9. The maximum absolute atomic E-state index is 11.2. The molecule has 14 heavy (non-hydrogen) atoms. The first kappa shape index (κ1) is 11.5. The molecule has 4 heteroatoms. The molecule has 82 valence electrons. The predicted octanol–water partition coefficient (Wildman–Crippen LogP) is 1.44. The second-order valence-electron chi connectivity index (χ2n) is 4.27. The third-order valence-corrected chi connectivity index (χ3v) is 2.52. The molecule has 0 aromatic heterocycles. The van der Waals surface area contributed by atoms with Crippen LogP contribution in [0.1, 0.15) is 33.6 Å². The van der Waals surface area contributed by atoms with Crippen LogP contribution < -0.4 is 0 Å². The van der Waals surface area contributed by atoms with Crippen molar-refractivity contribution < 1.29 is 19.4 Å². The zero-order valence-corrected chi connectivity index (χ0v) is 9.00. The van der Waals surface area contributed by atoms with Crippen molar-refractivity contribution in [1.29, 1.82) is 0 Å². The predicted molar refractivity (Wildman–Crippen MR) is 51.3 cm³/mol. The highest BCUT2D eigenvalue weighted by molar-refractivity contribution is 5.77. The second-order valence-corrected chi connectivity index (χ2v) is 4.27. The normalized spacial score (nSPS) is 31.4. The Morgan fingerprint density at radius 3 is 2.64 bits per heavy atom. The number of rotatable bonds is 3. The van der Waals surface area contributed by atoms with E-state index in [1.54, 1.807) is 0 Å². The number of hydrogen-bond donors (Lipinski definition) is 1. The first-order chi connectivity index (χ1) is 6.42. The van der Waals surface area contributed by atoms with E-state index in [9.17, 15) is 9.90 Å². The Bertz CT molecular complexity index is 220. The van der Waals surface area contributed by atoms with Gasteiger partial charge in [0, 0.05) is 19.4 Å². The van der Waals surface area contributed by atoms with Crippen LogP contribution in [0.15, 0.2) is 0 Å². The number of carboxylic acid groups (broad SMARTS) is 1. The molecule has 0 aromatic carbocycles. The van der Waals surface area contributed by atoms with Crippen molar-refractivity contribution in [2.24, 2.45) is 0 Å². The fraction of sp³-hybridized carbons (Fsp3) is 0.900. The maximum Gasteiger partial charge on any atom is 0.336 e. The van der Waals surface area contributed by atoms with Crippen molar-refractivity contribution in [3.8, 4) is 0 Å².